The Bertz CT molecular complexity index is 894. The Kier molecular flexibility index (Phi) is 30.7. The van der Waals surface area contributed by atoms with E-state index in [2.05, 4.69) is 43.5 Å². The van der Waals surface area contributed by atoms with Gasteiger partial charge in [-0.2, -0.15) is 0 Å². The van der Waals surface area contributed by atoms with E-state index < -0.39 is 49.5 Å². The fourth-order valence-corrected chi connectivity index (χ4v) is 6.28. The van der Waals surface area contributed by atoms with Crippen LogP contribution in [0.1, 0.15) is 168 Å². The molecule has 0 radical (unpaired) electrons. The van der Waals surface area contributed by atoms with Gasteiger partial charge in [0.1, 0.15) is 24.4 Å². The van der Waals surface area contributed by atoms with Gasteiger partial charge in [-0.1, -0.05) is 140 Å². The van der Waals surface area contributed by atoms with Gasteiger partial charge in [0.2, 0.25) is 5.91 Å². The number of amides is 1. The third-order valence-corrected chi connectivity index (χ3v) is 9.69. The molecule has 298 valence electrons. The van der Waals surface area contributed by atoms with Crippen LogP contribution in [0.25, 0.3) is 0 Å². The fraction of sp³-hybridized carbons (Fsp3) is 0.833. The summed E-state index contributed by atoms with van der Waals surface area (Å²) in [7, 11) is 0. The maximum atomic E-state index is 12.9. The number of rotatable bonds is 33. The summed E-state index contributed by atoms with van der Waals surface area (Å²) in [6.07, 6.45) is 31.8. The number of allylic oxidation sites excluding steroid dienone is 5. The molecular formula is C42H77NO8. The molecule has 0 saturated carbocycles. The SMILES string of the molecule is CCCCCCCC/C=C/CCCCCCCC(=O)N[C@@H](CO[C@H]1O[C@@H](CO)[C@H](O)C(O)C1O)[C@H](O)/C=C/CC/C=C/CCCCCCCCC. The highest BCUT2D eigenvalue weighted by molar-refractivity contribution is 5.76. The molecule has 1 fully saturated rings. The third-order valence-electron chi connectivity index (χ3n) is 9.69. The van der Waals surface area contributed by atoms with E-state index in [4.69, 9.17) is 9.47 Å². The summed E-state index contributed by atoms with van der Waals surface area (Å²) in [6, 6.07) is -0.822. The molecule has 9 nitrogen and oxygen atoms in total. The maximum Gasteiger partial charge on any atom is 0.220 e. The average Bonchev–Trinajstić information content (AvgIpc) is 3.13. The molecule has 1 rings (SSSR count). The van der Waals surface area contributed by atoms with Crippen LogP contribution in [-0.4, -0.2) is 87.5 Å². The zero-order valence-corrected chi connectivity index (χ0v) is 32.4. The largest absolute Gasteiger partial charge is 0.394 e. The Hall–Kier alpha value is -1.59. The number of aliphatic hydroxyl groups excluding tert-OH is 5. The van der Waals surface area contributed by atoms with Crippen molar-refractivity contribution in [3.05, 3.63) is 36.5 Å². The van der Waals surface area contributed by atoms with Crippen molar-refractivity contribution in [3.8, 4) is 0 Å². The molecule has 0 aliphatic carbocycles. The van der Waals surface area contributed by atoms with E-state index in [1.54, 1.807) is 6.08 Å². The van der Waals surface area contributed by atoms with Gasteiger partial charge in [0, 0.05) is 6.42 Å². The molecule has 2 unspecified atom stereocenters. The van der Waals surface area contributed by atoms with Gasteiger partial charge in [0.15, 0.2) is 6.29 Å². The third kappa shape index (κ3) is 24.4. The highest BCUT2D eigenvalue weighted by Crippen LogP contribution is 2.22. The predicted molar refractivity (Wildman–Crippen MR) is 207 cm³/mol. The Morgan fingerprint density at radius 3 is 1.65 bits per heavy atom. The second kappa shape index (κ2) is 33.0. The lowest BCUT2D eigenvalue weighted by atomic mass is 9.99. The summed E-state index contributed by atoms with van der Waals surface area (Å²) in [5.74, 6) is -0.198. The van der Waals surface area contributed by atoms with Crippen LogP contribution in [0.5, 0.6) is 0 Å². The average molecular weight is 724 g/mol. The van der Waals surface area contributed by atoms with Crippen LogP contribution in [0, 0.1) is 0 Å². The van der Waals surface area contributed by atoms with Crippen LogP contribution in [0.2, 0.25) is 0 Å². The van der Waals surface area contributed by atoms with Crippen LogP contribution >= 0.6 is 0 Å². The molecule has 7 atom stereocenters. The summed E-state index contributed by atoms with van der Waals surface area (Å²) in [4.78, 5) is 12.9. The van der Waals surface area contributed by atoms with Crippen LogP contribution in [0.3, 0.4) is 0 Å². The van der Waals surface area contributed by atoms with E-state index >= 15 is 0 Å². The minimum absolute atomic E-state index is 0.198. The molecule has 9 heteroatoms. The van der Waals surface area contributed by atoms with Gasteiger partial charge < -0.3 is 40.3 Å². The molecule has 0 aromatic carbocycles. The minimum atomic E-state index is -1.57. The molecule has 1 aliphatic rings. The molecule has 0 aromatic heterocycles. The first-order chi connectivity index (χ1) is 24.8. The number of hydrogen-bond acceptors (Lipinski definition) is 8. The molecule has 6 N–H and O–H groups in total. The number of hydrogen-bond donors (Lipinski definition) is 6. The summed E-state index contributed by atoms with van der Waals surface area (Å²) in [5, 5.41) is 53.9. The Balaban J connectivity index is 2.45. The molecule has 1 aliphatic heterocycles. The summed E-state index contributed by atoms with van der Waals surface area (Å²) in [5.41, 5.74) is 0. The van der Waals surface area contributed by atoms with Crippen molar-refractivity contribution in [2.75, 3.05) is 13.2 Å². The van der Waals surface area contributed by atoms with Crippen molar-refractivity contribution in [1.82, 2.24) is 5.32 Å². The Morgan fingerprint density at radius 2 is 1.12 bits per heavy atom. The van der Waals surface area contributed by atoms with Crippen molar-refractivity contribution in [2.45, 2.75) is 211 Å². The van der Waals surface area contributed by atoms with Crippen LogP contribution in [0.15, 0.2) is 36.5 Å². The lowest BCUT2D eigenvalue weighted by Crippen LogP contribution is -2.60. The zero-order valence-electron chi connectivity index (χ0n) is 32.4. The molecule has 1 saturated heterocycles. The van der Waals surface area contributed by atoms with E-state index in [0.29, 0.717) is 6.42 Å². The van der Waals surface area contributed by atoms with Gasteiger partial charge in [0.05, 0.1) is 25.4 Å². The number of aliphatic hydroxyl groups is 5. The minimum Gasteiger partial charge on any atom is -0.394 e. The smallest absolute Gasteiger partial charge is 0.220 e. The fourth-order valence-electron chi connectivity index (χ4n) is 6.28. The van der Waals surface area contributed by atoms with Crippen molar-refractivity contribution in [1.29, 1.82) is 0 Å². The number of carbonyl (C=O) groups excluding carboxylic acids is 1. The van der Waals surface area contributed by atoms with Crippen molar-refractivity contribution < 1.29 is 39.8 Å². The monoisotopic (exact) mass is 724 g/mol. The second-order valence-electron chi connectivity index (χ2n) is 14.4. The van der Waals surface area contributed by atoms with E-state index in [0.717, 1.165) is 57.8 Å². The number of nitrogens with one attached hydrogen (secondary N) is 1. The first-order valence-electron chi connectivity index (χ1n) is 20.7. The lowest BCUT2D eigenvalue weighted by molar-refractivity contribution is -0.302. The quantitative estimate of drug-likeness (QED) is 0.0298. The Labute approximate surface area is 311 Å². The first-order valence-corrected chi connectivity index (χ1v) is 20.7. The second-order valence-corrected chi connectivity index (χ2v) is 14.4. The van der Waals surface area contributed by atoms with Gasteiger partial charge in [-0.15, -0.1) is 0 Å². The highest BCUT2D eigenvalue weighted by Gasteiger charge is 2.44. The molecule has 0 bridgehead atoms. The summed E-state index contributed by atoms with van der Waals surface area (Å²) >= 11 is 0. The number of carbonyl (C=O) groups is 1. The van der Waals surface area contributed by atoms with Crippen molar-refractivity contribution in [2.24, 2.45) is 0 Å². The van der Waals surface area contributed by atoms with Gasteiger partial charge in [-0.25, -0.2) is 0 Å². The molecule has 0 spiro atoms. The van der Waals surface area contributed by atoms with Gasteiger partial charge in [-0.05, 0) is 57.8 Å². The van der Waals surface area contributed by atoms with E-state index in [-0.39, 0.29) is 12.5 Å². The normalized spacial score (nSPS) is 22.4. The predicted octanol–water partition coefficient (Wildman–Crippen LogP) is 7.72. The first kappa shape index (κ1) is 47.4. The molecule has 0 aromatic rings. The maximum absolute atomic E-state index is 12.9. The van der Waals surface area contributed by atoms with Gasteiger partial charge in [0.25, 0.3) is 0 Å². The summed E-state index contributed by atoms with van der Waals surface area (Å²) < 4.78 is 11.2. The molecular weight excluding hydrogens is 646 g/mol. The molecule has 1 amide bonds. The number of unbranched alkanes of at least 4 members (excludes halogenated alkanes) is 19. The topological polar surface area (TPSA) is 149 Å². The molecule has 1 heterocycles. The van der Waals surface area contributed by atoms with Crippen LogP contribution in [0.4, 0.5) is 0 Å². The van der Waals surface area contributed by atoms with Crippen LogP contribution < -0.4 is 5.32 Å². The van der Waals surface area contributed by atoms with Crippen molar-refractivity contribution in [3.63, 3.8) is 0 Å². The number of ether oxygens (including phenoxy) is 2. The Morgan fingerprint density at radius 1 is 0.647 bits per heavy atom. The van der Waals surface area contributed by atoms with E-state index in [1.165, 1.54) is 89.9 Å². The van der Waals surface area contributed by atoms with Gasteiger partial charge in [-0.3, -0.25) is 4.79 Å². The van der Waals surface area contributed by atoms with Gasteiger partial charge >= 0.3 is 0 Å². The van der Waals surface area contributed by atoms with E-state index in [1.807, 2.05) is 6.08 Å². The van der Waals surface area contributed by atoms with E-state index in [9.17, 15) is 30.3 Å². The van der Waals surface area contributed by atoms with Crippen molar-refractivity contribution >= 4 is 5.91 Å². The summed E-state index contributed by atoms with van der Waals surface area (Å²) in [6.45, 7) is 3.71. The zero-order chi connectivity index (χ0) is 37.4. The lowest BCUT2D eigenvalue weighted by Gasteiger charge is -2.40. The highest BCUT2D eigenvalue weighted by atomic mass is 16.7. The molecule has 51 heavy (non-hydrogen) atoms. The standard InChI is InChI=1S/C42H77NO8/c1-3-5-7-9-11-13-15-17-18-20-22-24-26-28-30-32-38(46)43-35(34-50-42-41(49)40(48)39(47)37(33-44)51-42)36(45)31-29-27-25-23-21-19-16-14-12-10-8-6-4-2/h17-18,21,23,29,31,35-37,39-42,44-45,47-49H,3-16,19-20,22,24-28,30,32-34H2,1-2H3,(H,43,46)/b18-17+,23-21+,31-29+/t35-,36+,37-,39-,40?,41?,42-/m0/s1. The van der Waals surface area contributed by atoms with Crippen LogP contribution in [-0.2, 0) is 14.3 Å².